The minimum Gasteiger partial charge on any atom is -0.462 e. The van der Waals surface area contributed by atoms with Crippen LogP contribution < -0.4 is 10.6 Å². The molecule has 24 heavy (non-hydrogen) atoms. The lowest BCUT2D eigenvalue weighted by Crippen LogP contribution is -2.32. The second-order valence-corrected chi connectivity index (χ2v) is 5.84. The van der Waals surface area contributed by atoms with Gasteiger partial charge in [0.2, 0.25) is 0 Å². The van der Waals surface area contributed by atoms with E-state index in [0.29, 0.717) is 34.4 Å². The fourth-order valence-corrected chi connectivity index (χ4v) is 2.03. The summed E-state index contributed by atoms with van der Waals surface area (Å²) >= 11 is 5.23. The van der Waals surface area contributed by atoms with Crippen molar-refractivity contribution in [2.45, 2.75) is 27.7 Å². The van der Waals surface area contributed by atoms with Gasteiger partial charge < -0.3 is 20.1 Å². The molecule has 0 aliphatic carbocycles. The lowest BCUT2D eigenvalue weighted by Gasteiger charge is -2.15. The van der Waals surface area contributed by atoms with E-state index >= 15 is 0 Å². The number of nitrogens with one attached hydrogen (secondary N) is 2. The van der Waals surface area contributed by atoms with Crippen molar-refractivity contribution >= 4 is 35.0 Å². The number of carbonyl (C=O) groups excluding carboxylic acids is 2. The minimum absolute atomic E-state index is 0.258. The summed E-state index contributed by atoms with van der Waals surface area (Å²) in [6.45, 7) is 8.80. The number of hydrogen-bond acceptors (Lipinski definition) is 5. The SMILES string of the molecule is CCOC(=O)c1ccc(C(=O)OCC)c(NC(=S)NCC(C)C)c1. The molecule has 6 nitrogen and oxygen atoms in total. The van der Waals surface area contributed by atoms with Gasteiger partial charge in [0, 0.05) is 6.54 Å². The third kappa shape index (κ3) is 6.16. The van der Waals surface area contributed by atoms with E-state index in [1.165, 1.54) is 18.2 Å². The van der Waals surface area contributed by atoms with E-state index < -0.39 is 11.9 Å². The highest BCUT2D eigenvalue weighted by Crippen LogP contribution is 2.20. The monoisotopic (exact) mass is 352 g/mol. The summed E-state index contributed by atoms with van der Waals surface area (Å²) in [4.78, 5) is 24.0. The Morgan fingerprint density at radius 1 is 1.12 bits per heavy atom. The molecule has 0 aromatic heterocycles. The van der Waals surface area contributed by atoms with Crippen molar-refractivity contribution in [3.63, 3.8) is 0 Å². The van der Waals surface area contributed by atoms with Crippen LogP contribution in [0.5, 0.6) is 0 Å². The number of thiocarbonyl (C=S) groups is 1. The molecule has 0 aliphatic heterocycles. The fraction of sp³-hybridized carbons (Fsp3) is 0.471. The first kappa shape index (κ1) is 19.9. The van der Waals surface area contributed by atoms with E-state index in [-0.39, 0.29) is 13.2 Å². The predicted octanol–water partition coefficient (Wildman–Crippen LogP) is 2.98. The Balaban J connectivity index is 3.05. The molecule has 0 fully saturated rings. The molecule has 0 bridgehead atoms. The van der Waals surface area contributed by atoms with Crippen LogP contribution in [0.1, 0.15) is 48.4 Å². The van der Waals surface area contributed by atoms with Crippen LogP contribution in [-0.4, -0.2) is 36.8 Å². The average molecular weight is 352 g/mol. The Morgan fingerprint density at radius 3 is 2.33 bits per heavy atom. The summed E-state index contributed by atoms with van der Waals surface area (Å²) in [7, 11) is 0. The lowest BCUT2D eigenvalue weighted by atomic mass is 10.1. The van der Waals surface area contributed by atoms with Gasteiger partial charge in [0.05, 0.1) is 30.0 Å². The maximum Gasteiger partial charge on any atom is 0.340 e. The molecular formula is C17H24N2O4S. The van der Waals surface area contributed by atoms with Gasteiger partial charge in [-0.05, 0) is 50.2 Å². The first-order chi connectivity index (χ1) is 11.4. The zero-order valence-corrected chi connectivity index (χ0v) is 15.3. The highest BCUT2D eigenvalue weighted by molar-refractivity contribution is 7.80. The molecule has 0 aliphatic rings. The standard InChI is InChI=1S/C17H24N2O4S/c1-5-22-15(20)12-7-8-13(16(21)23-6-2)14(9-12)19-17(24)18-10-11(3)4/h7-9,11H,5-6,10H2,1-4H3,(H2,18,19,24). The zero-order chi connectivity index (χ0) is 18.1. The van der Waals surface area contributed by atoms with Crippen molar-refractivity contribution in [3.8, 4) is 0 Å². The fourth-order valence-electron chi connectivity index (χ4n) is 1.84. The van der Waals surface area contributed by atoms with E-state index in [2.05, 4.69) is 24.5 Å². The Kier molecular flexibility index (Phi) is 8.18. The molecule has 7 heteroatoms. The van der Waals surface area contributed by atoms with Crippen LogP contribution >= 0.6 is 12.2 Å². The van der Waals surface area contributed by atoms with Crippen molar-refractivity contribution in [2.24, 2.45) is 5.92 Å². The third-order valence-electron chi connectivity index (χ3n) is 2.95. The number of esters is 2. The second-order valence-electron chi connectivity index (χ2n) is 5.43. The van der Waals surface area contributed by atoms with Gasteiger partial charge in [-0.2, -0.15) is 0 Å². The van der Waals surface area contributed by atoms with Crippen LogP contribution in [0.15, 0.2) is 18.2 Å². The van der Waals surface area contributed by atoms with Crippen molar-refractivity contribution < 1.29 is 19.1 Å². The minimum atomic E-state index is -0.484. The predicted molar refractivity (Wildman–Crippen MR) is 97.4 cm³/mol. The first-order valence-corrected chi connectivity index (χ1v) is 8.32. The van der Waals surface area contributed by atoms with Gasteiger partial charge in [0.25, 0.3) is 0 Å². The van der Waals surface area contributed by atoms with Crippen LogP contribution in [0.4, 0.5) is 5.69 Å². The van der Waals surface area contributed by atoms with Gasteiger partial charge in [-0.3, -0.25) is 0 Å². The Morgan fingerprint density at radius 2 is 1.75 bits per heavy atom. The highest BCUT2D eigenvalue weighted by Gasteiger charge is 2.17. The smallest absolute Gasteiger partial charge is 0.340 e. The molecule has 132 valence electrons. The van der Waals surface area contributed by atoms with Crippen molar-refractivity contribution in [3.05, 3.63) is 29.3 Å². The molecule has 0 unspecified atom stereocenters. The topological polar surface area (TPSA) is 76.7 Å². The Bertz CT molecular complexity index is 602. The third-order valence-corrected chi connectivity index (χ3v) is 3.19. The number of benzene rings is 1. The molecule has 1 aromatic carbocycles. The summed E-state index contributed by atoms with van der Waals surface area (Å²) < 4.78 is 10.0. The van der Waals surface area contributed by atoms with Crippen LogP contribution in [0.2, 0.25) is 0 Å². The van der Waals surface area contributed by atoms with Crippen molar-refractivity contribution in [1.82, 2.24) is 5.32 Å². The molecule has 1 rings (SSSR count). The van der Waals surface area contributed by atoms with E-state index in [1.807, 2.05) is 0 Å². The molecule has 0 atom stereocenters. The highest BCUT2D eigenvalue weighted by atomic mass is 32.1. The zero-order valence-electron chi connectivity index (χ0n) is 14.5. The van der Waals surface area contributed by atoms with Gasteiger partial charge in [-0.15, -0.1) is 0 Å². The summed E-state index contributed by atoms with van der Waals surface area (Å²) in [6, 6.07) is 4.59. The average Bonchev–Trinajstić information content (AvgIpc) is 2.53. The molecular weight excluding hydrogens is 328 g/mol. The molecule has 0 amide bonds. The van der Waals surface area contributed by atoms with Gasteiger partial charge in [-0.25, -0.2) is 9.59 Å². The number of ether oxygens (including phenoxy) is 2. The number of hydrogen-bond donors (Lipinski definition) is 2. The van der Waals surface area contributed by atoms with Gasteiger partial charge in [0.15, 0.2) is 5.11 Å². The van der Waals surface area contributed by atoms with Crippen molar-refractivity contribution in [2.75, 3.05) is 25.1 Å². The maximum atomic E-state index is 12.1. The number of carbonyl (C=O) groups is 2. The van der Waals surface area contributed by atoms with Gasteiger partial charge >= 0.3 is 11.9 Å². The summed E-state index contributed by atoms with van der Waals surface area (Å²) in [5.41, 5.74) is 1.04. The quantitative estimate of drug-likeness (QED) is 0.577. The molecule has 0 spiro atoms. The van der Waals surface area contributed by atoms with Gasteiger partial charge in [-0.1, -0.05) is 13.8 Å². The second kappa shape index (κ2) is 9.87. The molecule has 0 saturated heterocycles. The Hall–Kier alpha value is -2.15. The summed E-state index contributed by atoms with van der Waals surface area (Å²) in [6.07, 6.45) is 0. The molecule has 2 N–H and O–H groups in total. The van der Waals surface area contributed by atoms with E-state index in [9.17, 15) is 9.59 Å². The largest absolute Gasteiger partial charge is 0.462 e. The first-order valence-electron chi connectivity index (χ1n) is 7.92. The van der Waals surface area contributed by atoms with Crippen LogP contribution in [-0.2, 0) is 9.47 Å². The van der Waals surface area contributed by atoms with Crippen LogP contribution in [0, 0.1) is 5.92 Å². The van der Waals surface area contributed by atoms with E-state index in [0.717, 1.165) is 0 Å². The molecule has 0 radical (unpaired) electrons. The number of rotatable bonds is 7. The van der Waals surface area contributed by atoms with E-state index in [4.69, 9.17) is 21.7 Å². The summed E-state index contributed by atoms with van der Waals surface area (Å²) in [5.74, 6) is -0.528. The summed E-state index contributed by atoms with van der Waals surface area (Å²) in [5, 5.41) is 6.38. The normalized spacial score (nSPS) is 10.2. The van der Waals surface area contributed by atoms with Gasteiger partial charge in [0.1, 0.15) is 0 Å². The molecule has 1 aromatic rings. The number of anilines is 1. The molecule has 0 heterocycles. The lowest BCUT2D eigenvalue weighted by molar-refractivity contribution is 0.0512. The van der Waals surface area contributed by atoms with Crippen molar-refractivity contribution in [1.29, 1.82) is 0 Å². The maximum absolute atomic E-state index is 12.1. The Labute approximate surface area is 147 Å². The molecule has 0 saturated carbocycles. The van der Waals surface area contributed by atoms with E-state index in [1.54, 1.807) is 13.8 Å². The van der Waals surface area contributed by atoms with Crippen LogP contribution in [0.25, 0.3) is 0 Å². The van der Waals surface area contributed by atoms with Crippen LogP contribution in [0.3, 0.4) is 0 Å².